The Labute approximate surface area is 80.9 Å². The van der Waals surface area contributed by atoms with E-state index in [4.69, 9.17) is 0 Å². The third-order valence-corrected chi connectivity index (χ3v) is 3.59. The molecule has 12 heavy (non-hydrogen) atoms. The van der Waals surface area contributed by atoms with Crippen LogP contribution in [0.1, 0.15) is 19.8 Å². The van der Waals surface area contributed by atoms with Crippen molar-refractivity contribution in [2.24, 2.45) is 11.8 Å². The predicted octanol–water partition coefficient (Wildman–Crippen LogP) is 0.592. The molecular weight excluding hydrogens is 190 g/mol. The van der Waals surface area contributed by atoms with Crippen LogP contribution in [-0.4, -0.2) is 28.3 Å². The number of fused-ring (bicyclic) bond motifs is 2. The average Bonchev–Trinajstić information content (AvgIpc) is 2.60. The van der Waals surface area contributed by atoms with E-state index in [0.717, 1.165) is 18.4 Å². The van der Waals surface area contributed by atoms with Crippen LogP contribution in [0.3, 0.4) is 0 Å². The van der Waals surface area contributed by atoms with Crippen LogP contribution >= 0.6 is 0 Å². The summed E-state index contributed by atoms with van der Waals surface area (Å²) in [6.45, 7) is 3.29. The van der Waals surface area contributed by atoms with Gasteiger partial charge in [-0.3, -0.25) is 0 Å². The summed E-state index contributed by atoms with van der Waals surface area (Å²) in [7, 11) is 0. The van der Waals surface area contributed by atoms with E-state index >= 15 is 0 Å². The molecule has 2 nitrogen and oxygen atoms in total. The number of hydrogen-bond donors (Lipinski definition) is 0. The Kier molecular flexibility index (Phi) is 2.10. The average molecular weight is 203 g/mol. The van der Waals surface area contributed by atoms with Crippen LogP contribution in [0.4, 0.5) is 0 Å². The monoisotopic (exact) mass is 203 g/mol. The van der Waals surface area contributed by atoms with Crippen molar-refractivity contribution in [1.29, 1.82) is 0 Å². The maximum atomic E-state index is 11.3. The van der Waals surface area contributed by atoms with Crippen LogP contribution in [0.2, 0.25) is 0 Å². The Morgan fingerprint density at radius 3 is 2.75 bits per heavy atom. The molecule has 0 N–H and O–H groups in total. The first-order valence-corrected chi connectivity index (χ1v) is 5.21. The van der Waals surface area contributed by atoms with Crippen molar-refractivity contribution in [3.05, 3.63) is 0 Å². The Bertz CT molecular complexity index is 227. The van der Waals surface area contributed by atoms with Gasteiger partial charge in [0.15, 0.2) is 0 Å². The fourth-order valence-corrected chi connectivity index (χ4v) is 2.76. The number of nitrogens with zero attached hydrogens (tertiary/aromatic N) is 1. The van der Waals surface area contributed by atoms with Gasteiger partial charge < -0.3 is 0 Å². The first-order chi connectivity index (χ1) is 5.72. The Morgan fingerprint density at radius 2 is 2.33 bits per heavy atom. The van der Waals surface area contributed by atoms with Crippen LogP contribution in [0.25, 0.3) is 0 Å². The quantitative estimate of drug-likeness (QED) is 0.611. The van der Waals surface area contributed by atoms with E-state index in [0.29, 0.717) is 6.04 Å². The molecule has 0 radical (unpaired) electrons. The maximum absolute atomic E-state index is 11.3. The minimum atomic E-state index is 0.175. The van der Waals surface area contributed by atoms with Gasteiger partial charge in [-0.2, -0.15) is 0 Å². The molecule has 3 heteroatoms. The number of piperidine rings is 1. The summed E-state index contributed by atoms with van der Waals surface area (Å²) < 4.78 is 0. The van der Waals surface area contributed by atoms with Crippen molar-refractivity contribution < 1.29 is 20.6 Å². The summed E-state index contributed by atoms with van der Waals surface area (Å²) >= 11 is 2.67. The molecule has 2 rings (SSSR count). The zero-order valence-corrected chi connectivity index (χ0v) is 8.47. The number of rotatable bonds is 1. The van der Waals surface area contributed by atoms with Crippen LogP contribution in [0.5, 0.6) is 0 Å². The third-order valence-electron chi connectivity index (χ3n) is 3.28. The molecule has 2 fully saturated rings. The van der Waals surface area contributed by atoms with E-state index in [1.807, 2.05) is 4.90 Å². The van der Waals surface area contributed by atoms with Gasteiger partial charge in [0.2, 0.25) is 0 Å². The third kappa shape index (κ3) is 1.16. The van der Waals surface area contributed by atoms with Gasteiger partial charge in [0, 0.05) is 0 Å². The molecule has 1 saturated carbocycles. The minimum absolute atomic E-state index is 0.175. The van der Waals surface area contributed by atoms with Gasteiger partial charge in [-0.1, -0.05) is 0 Å². The number of likely N-dealkylation sites (tertiary alicyclic amines) is 1. The van der Waals surface area contributed by atoms with Gasteiger partial charge in [0.05, 0.1) is 0 Å². The number of carbonyl (C=O) groups excluding carboxylic acids is 1. The molecular formula is C9H13CrNO. The zero-order valence-electron chi connectivity index (χ0n) is 7.19. The van der Waals surface area contributed by atoms with E-state index in [9.17, 15) is 4.79 Å². The first kappa shape index (κ1) is 8.47. The molecule has 2 aliphatic rings. The van der Waals surface area contributed by atoms with E-state index < -0.39 is 0 Å². The van der Waals surface area contributed by atoms with Crippen molar-refractivity contribution >= 4 is 10.8 Å². The molecule has 0 spiro atoms. The van der Waals surface area contributed by atoms with Crippen molar-refractivity contribution in [3.63, 3.8) is 0 Å². The van der Waals surface area contributed by atoms with Crippen LogP contribution in [0.15, 0.2) is 0 Å². The van der Waals surface area contributed by atoms with Crippen LogP contribution < -0.4 is 0 Å². The van der Waals surface area contributed by atoms with Gasteiger partial charge in [0.25, 0.3) is 0 Å². The van der Waals surface area contributed by atoms with Crippen LogP contribution in [-0.2, 0) is 20.6 Å². The molecule has 1 amide bonds. The molecule has 0 aromatic rings. The summed E-state index contributed by atoms with van der Waals surface area (Å²) in [5, 5.41) is 0. The van der Waals surface area contributed by atoms with Gasteiger partial charge in [-0.05, 0) is 0 Å². The molecule has 1 aliphatic carbocycles. The Balaban J connectivity index is 2.07. The molecule has 1 heterocycles. The second kappa shape index (κ2) is 2.98. The van der Waals surface area contributed by atoms with E-state index in [1.54, 1.807) is 4.88 Å². The summed E-state index contributed by atoms with van der Waals surface area (Å²) in [5.74, 6) is 1.79. The molecule has 0 aromatic carbocycles. The SMILES string of the molecule is CC1CC2CC1CN2C(=O)[CH]=[Cr]. The standard InChI is InChI=1S/C9H13NO.Cr/c1-6-3-9-4-8(6)5-10(9)7(2)11;/h2,6,8-9H,3-5H2,1H3;. The summed E-state index contributed by atoms with van der Waals surface area (Å²) in [5.41, 5.74) is 0. The van der Waals surface area contributed by atoms with E-state index in [1.165, 1.54) is 12.8 Å². The second-order valence-corrected chi connectivity index (χ2v) is 4.34. The molecule has 0 aromatic heterocycles. The van der Waals surface area contributed by atoms with Gasteiger partial charge in [0.1, 0.15) is 0 Å². The number of carbonyl (C=O) groups is 1. The summed E-state index contributed by atoms with van der Waals surface area (Å²) in [4.78, 5) is 14.9. The van der Waals surface area contributed by atoms with E-state index in [2.05, 4.69) is 22.8 Å². The van der Waals surface area contributed by atoms with Crippen LogP contribution in [0, 0.1) is 11.8 Å². The number of amides is 1. The number of hydrogen-bond acceptors (Lipinski definition) is 1. The van der Waals surface area contributed by atoms with Crippen molar-refractivity contribution in [2.45, 2.75) is 25.8 Å². The molecule has 1 aliphatic heterocycles. The molecule has 66 valence electrons. The Morgan fingerprint density at radius 1 is 1.58 bits per heavy atom. The summed E-state index contributed by atoms with van der Waals surface area (Å²) in [6.07, 6.45) is 2.45. The fourth-order valence-electron chi connectivity index (χ4n) is 2.55. The second-order valence-electron chi connectivity index (χ2n) is 3.97. The zero-order chi connectivity index (χ0) is 8.72. The Hall–Kier alpha value is -0.128. The normalized spacial score (nSPS) is 38.8. The van der Waals surface area contributed by atoms with Gasteiger partial charge in [-0.25, -0.2) is 0 Å². The molecule has 2 bridgehead atoms. The van der Waals surface area contributed by atoms with Crippen molar-refractivity contribution in [1.82, 2.24) is 4.90 Å². The fraction of sp³-hybridized carbons (Fsp3) is 0.778. The molecule has 3 atom stereocenters. The van der Waals surface area contributed by atoms with Gasteiger partial charge in [-0.15, -0.1) is 0 Å². The topological polar surface area (TPSA) is 20.3 Å². The van der Waals surface area contributed by atoms with Gasteiger partial charge >= 0.3 is 80.5 Å². The van der Waals surface area contributed by atoms with Crippen molar-refractivity contribution in [2.75, 3.05) is 6.54 Å². The summed E-state index contributed by atoms with van der Waals surface area (Å²) in [6, 6.07) is 0.544. The molecule has 3 unspecified atom stereocenters. The van der Waals surface area contributed by atoms with Crippen molar-refractivity contribution in [3.8, 4) is 0 Å². The first-order valence-electron chi connectivity index (χ1n) is 4.48. The van der Waals surface area contributed by atoms with E-state index in [-0.39, 0.29) is 5.91 Å². The predicted molar refractivity (Wildman–Crippen MR) is 43.5 cm³/mol. The molecule has 1 saturated heterocycles.